The van der Waals surface area contributed by atoms with E-state index in [4.69, 9.17) is 5.73 Å². The van der Waals surface area contributed by atoms with E-state index in [9.17, 15) is 19.5 Å². The molecular weight excluding hydrogens is 370 g/mol. The average Bonchev–Trinajstić information content (AvgIpc) is 2.75. The zero-order chi connectivity index (χ0) is 21.4. The van der Waals surface area contributed by atoms with Gasteiger partial charge in [0.15, 0.2) is 6.10 Å². The molecule has 0 fully saturated rings. The second kappa shape index (κ2) is 10.4. The lowest BCUT2D eigenvalue weighted by molar-refractivity contribution is -0.135. The average molecular weight is 397 g/mol. The van der Waals surface area contributed by atoms with Crippen LogP contribution in [0.4, 0.5) is 0 Å². The van der Waals surface area contributed by atoms with E-state index in [0.29, 0.717) is 17.5 Å². The van der Waals surface area contributed by atoms with Gasteiger partial charge >= 0.3 is 0 Å². The van der Waals surface area contributed by atoms with Crippen molar-refractivity contribution >= 4 is 17.7 Å². The molecule has 0 unspecified atom stereocenters. The maximum atomic E-state index is 12.7. The summed E-state index contributed by atoms with van der Waals surface area (Å²) < 4.78 is 0. The highest BCUT2D eigenvalue weighted by molar-refractivity contribution is 5.95. The maximum Gasteiger partial charge on any atom is 0.252 e. The van der Waals surface area contributed by atoms with Crippen LogP contribution in [0.5, 0.6) is 0 Å². The molecule has 0 saturated carbocycles. The zero-order valence-corrected chi connectivity index (χ0v) is 16.5. The predicted octanol–water partition coefficient (Wildman–Crippen LogP) is 1.53. The van der Waals surface area contributed by atoms with Crippen LogP contribution in [-0.4, -0.2) is 35.0 Å². The van der Waals surface area contributed by atoms with Gasteiger partial charge in [-0.3, -0.25) is 14.4 Å². The van der Waals surface area contributed by atoms with E-state index in [2.05, 4.69) is 10.6 Å². The van der Waals surface area contributed by atoms with Crippen molar-refractivity contribution in [1.82, 2.24) is 10.6 Å². The number of amides is 3. The Hall–Kier alpha value is -3.19. The summed E-state index contributed by atoms with van der Waals surface area (Å²) in [5, 5.41) is 16.0. The van der Waals surface area contributed by atoms with Gasteiger partial charge in [0.1, 0.15) is 6.04 Å². The first kappa shape index (κ1) is 22.1. The van der Waals surface area contributed by atoms with E-state index >= 15 is 0 Å². The van der Waals surface area contributed by atoms with E-state index in [1.807, 2.05) is 6.92 Å². The summed E-state index contributed by atoms with van der Waals surface area (Å²) in [5.41, 5.74) is 6.35. The van der Waals surface area contributed by atoms with Crippen molar-refractivity contribution < 1.29 is 19.5 Å². The van der Waals surface area contributed by atoms with Crippen LogP contribution in [0.1, 0.15) is 42.2 Å². The van der Waals surface area contributed by atoms with Gasteiger partial charge in [-0.2, -0.15) is 0 Å². The van der Waals surface area contributed by atoms with E-state index in [1.54, 1.807) is 67.6 Å². The first-order chi connectivity index (χ1) is 13.8. The van der Waals surface area contributed by atoms with Crippen LogP contribution in [0.15, 0.2) is 60.7 Å². The number of rotatable bonds is 9. The second-order valence-electron chi connectivity index (χ2n) is 6.95. The third kappa shape index (κ3) is 5.89. The summed E-state index contributed by atoms with van der Waals surface area (Å²) in [6.45, 7) is 3.66. The molecular formula is C22H27N3O4. The van der Waals surface area contributed by atoms with Crippen molar-refractivity contribution in [2.75, 3.05) is 0 Å². The molecule has 0 saturated heterocycles. The molecule has 0 aliphatic carbocycles. The monoisotopic (exact) mass is 397 g/mol. The van der Waals surface area contributed by atoms with Crippen molar-refractivity contribution in [3.05, 3.63) is 71.8 Å². The molecule has 0 aliphatic heterocycles. The highest BCUT2D eigenvalue weighted by Crippen LogP contribution is 2.19. The third-order valence-corrected chi connectivity index (χ3v) is 4.88. The molecule has 0 radical (unpaired) electrons. The van der Waals surface area contributed by atoms with Crippen molar-refractivity contribution in [2.45, 2.75) is 38.5 Å². The number of aliphatic hydroxyl groups is 1. The summed E-state index contributed by atoms with van der Waals surface area (Å²) in [5.74, 6) is -2.08. The predicted molar refractivity (Wildman–Crippen MR) is 110 cm³/mol. The van der Waals surface area contributed by atoms with Gasteiger partial charge in [0.25, 0.3) is 11.8 Å². The van der Waals surface area contributed by atoms with Gasteiger partial charge in [-0.25, -0.2) is 0 Å². The van der Waals surface area contributed by atoms with E-state index < -0.39 is 35.9 Å². The van der Waals surface area contributed by atoms with E-state index in [1.165, 1.54) is 0 Å². The van der Waals surface area contributed by atoms with Crippen LogP contribution < -0.4 is 16.4 Å². The highest BCUT2D eigenvalue weighted by Gasteiger charge is 2.33. The van der Waals surface area contributed by atoms with Crippen LogP contribution in [0.2, 0.25) is 0 Å². The summed E-state index contributed by atoms with van der Waals surface area (Å²) >= 11 is 0. The molecule has 7 heteroatoms. The minimum Gasteiger partial charge on any atom is -0.381 e. The Bertz CT molecular complexity index is 826. The lowest BCUT2D eigenvalue weighted by atomic mass is 9.96. The van der Waals surface area contributed by atoms with Crippen molar-refractivity contribution in [1.29, 1.82) is 0 Å². The topological polar surface area (TPSA) is 122 Å². The number of carbonyl (C=O) groups excluding carboxylic acids is 3. The largest absolute Gasteiger partial charge is 0.381 e. The molecule has 3 amide bonds. The Kier molecular flexibility index (Phi) is 7.91. The minimum atomic E-state index is -1.61. The van der Waals surface area contributed by atoms with Gasteiger partial charge in [-0.1, -0.05) is 68.8 Å². The van der Waals surface area contributed by atoms with E-state index in [0.717, 1.165) is 0 Å². The fourth-order valence-corrected chi connectivity index (χ4v) is 2.94. The Morgan fingerprint density at radius 1 is 0.966 bits per heavy atom. The van der Waals surface area contributed by atoms with Gasteiger partial charge in [0, 0.05) is 5.56 Å². The molecule has 2 rings (SSSR count). The fraction of sp³-hybridized carbons (Fsp3) is 0.318. The number of hydrogen-bond acceptors (Lipinski definition) is 4. The second-order valence-corrected chi connectivity index (χ2v) is 6.95. The fourth-order valence-electron chi connectivity index (χ4n) is 2.94. The SMILES string of the molecule is CC[C@@H](C)[C@@H](NC(=O)[C@H](O)[C@@H](NC(=O)c1ccccc1)c1ccccc1)C(N)=O. The standard InChI is InChI=1S/C22H27N3O4/c1-3-14(2)17(20(23)27)24-22(29)19(26)18(15-10-6-4-7-11-15)25-21(28)16-12-8-5-9-13-16/h4-14,17-19,26H,3H2,1-2H3,(H2,23,27)(H,24,29)(H,25,28)/t14-,17-,18+,19-/m1/s1. The number of nitrogens with two attached hydrogens (primary N) is 1. The smallest absolute Gasteiger partial charge is 0.252 e. The van der Waals surface area contributed by atoms with E-state index in [-0.39, 0.29) is 5.92 Å². The molecule has 29 heavy (non-hydrogen) atoms. The Balaban J connectivity index is 2.24. The van der Waals surface area contributed by atoms with Gasteiger partial charge in [-0.05, 0) is 23.6 Å². The summed E-state index contributed by atoms with van der Waals surface area (Å²) in [4.78, 5) is 37.0. The summed E-state index contributed by atoms with van der Waals surface area (Å²) in [7, 11) is 0. The number of aliphatic hydroxyl groups excluding tert-OH is 1. The molecule has 0 heterocycles. The van der Waals surface area contributed by atoms with Crippen LogP contribution in [0.25, 0.3) is 0 Å². The molecule has 0 bridgehead atoms. The lowest BCUT2D eigenvalue weighted by Crippen LogP contribution is -2.53. The number of primary amides is 1. The minimum absolute atomic E-state index is 0.197. The molecule has 4 atom stereocenters. The van der Waals surface area contributed by atoms with Crippen molar-refractivity contribution in [3.8, 4) is 0 Å². The van der Waals surface area contributed by atoms with Crippen LogP contribution >= 0.6 is 0 Å². The molecule has 7 nitrogen and oxygen atoms in total. The Morgan fingerprint density at radius 3 is 2.03 bits per heavy atom. The van der Waals surface area contributed by atoms with Crippen molar-refractivity contribution in [2.24, 2.45) is 11.7 Å². The van der Waals surface area contributed by atoms with Crippen LogP contribution in [0, 0.1) is 5.92 Å². The molecule has 0 spiro atoms. The van der Waals surface area contributed by atoms with Crippen molar-refractivity contribution in [3.63, 3.8) is 0 Å². The molecule has 2 aromatic rings. The van der Waals surface area contributed by atoms with Gasteiger partial charge in [-0.15, -0.1) is 0 Å². The Morgan fingerprint density at radius 2 is 1.52 bits per heavy atom. The normalized spacial score (nSPS) is 14.9. The Labute approximate surface area is 170 Å². The zero-order valence-electron chi connectivity index (χ0n) is 16.5. The first-order valence-electron chi connectivity index (χ1n) is 9.53. The third-order valence-electron chi connectivity index (χ3n) is 4.88. The maximum absolute atomic E-state index is 12.7. The summed E-state index contributed by atoms with van der Waals surface area (Å²) in [6, 6.07) is 15.3. The number of nitrogens with one attached hydrogen (secondary N) is 2. The molecule has 0 aliphatic rings. The molecule has 5 N–H and O–H groups in total. The number of benzene rings is 2. The molecule has 0 aromatic heterocycles. The molecule has 2 aromatic carbocycles. The van der Waals surface area contributed by atoms with Gasteiger partial charge < -0.3 is 21.5 Å². The van der Waals surface area contributed by atoms with Gasteiger partial charge in [0.05, 0.1) is 6.04 Å². The quantitative estimate of drug-likeness (QED) is 0.513. The molecule has 154 valence electrons. The lowest BCUT2D eigenvalue weighted by Gasteiger charge is -2.27. The number of carbonyl (C=O) groups is 3. The van der Waals surface area contributed by atoms with Gasteiger partial charge in [0.2, 0.25) is 5.91 Å². The van der Waals surface area contributed by atoms with Crippen LogP contribution in [-0.2, 0) is 9.59 Å². The first-order valence-corrected chi connectivity index (χ1v) is 9.53. The number of hydrogen-bond donors (Lipinski definition) is 4. The van der Waals surface area contributed by atoms with Crippen LogP contribution in [0.3, 0.4) is 0 Å². The highest BCUT2D eigenvalue weighted by atomic mass is 16.3. The summed E-state index contributed by atoms with van der Waals surface area (Å²) in [6.07, 6.45) is -0.993.